The van der Waals surface area contributed by atoms with Gasteiger partial charge in [-0.1, -0.05) is 0 Å². The van der Waals surface area contributed by atoms with Gasteiger partial charge in [0.1, 0.15) is 11.6 Å². The number of aliphatic hydroxyl groups excluding tert-OH is 1. The molecule has 0 atom stereocenters. The summed E-state index contributed by atoms with van der Waals surface area (Å²) in [5, 5.41) is 23.5. The van der Waals surface area contributed by atoms with Crippen LogP contribution in [-0.4, -0.2) is 28.9 Å². The summed E-state index contributed by atoms with van der Waals surface area (Å²) in [6, 6.07) is 8.18. The zero-order valence-corrected chi connectivity index (χ0v) is 12.8. The van der Waals surface area contributed by atoms with Crippen LogP contribution in [-0.2, 0) is 4.79 Å². The summed E-state index contributed by atoms with van der Waals surface area (Å²) < 4.78 is 0. The summed E-state index contributed by atoms with van der Waals surface area (Å²) in [6.45, 7) is 4.78. The summed E-state index contributed by atoms with van der Waals surface area (Å²) >= 11 is 0. The number of benzene rings is 1. The van der Waals surface area contributed by atoms with Crippen molar-refractivity contribution in [2.75, 3.05) is 11.9 Å². The third-order valence-electron chi connectivity index (χ3n) is 2.92. The predicted octanol–water partition coefficient (Wildman–Crippen LogP) is 1.60. The van der Waals surface area contributed by atoms with Crippen molar-refractivity contribution < 1.29 is 14.7 Å². The quantitative estimate of drug-likeness (QED) is 0.421. The van der Waals surface area contributed by atoms with Crippen LogP contribution < -0.4 is 10.6 Å². The summed E-state index contributed by atoms with van der Waals surface area (Å²) in [7, 11) is 0. The van der Waals surface area contributed by atoms with E-state index in [0.717, 1.165) is 0 Å². The number of Topliss-reactive ketones (excluding diaryl/α,β-unsaturated/α-hetero) is 1. The van der Waals surface area contributed by atoms with Gasteiger partial charge in [0.25, 0.3) is 5.91 Å². The van der Waals surface area contributed by atoms with Gasteiger partial charge < -0.3 is 15.7 Å². The SMILES string of the molecule is CC(=O)c1ccc(NC(=O)/C(C#N)=C\NC(C)(C)CO)cc1. The fourth-order valence-electron chi connectivity index (χ4n) is 1.45. The minimum Gasteiger partial charge on any atom is -0.394 e. The molecular weight excluding hydrogens is 282 g/mol. The highest BCUT2D eigenvalue weighted by Gasteiger charge is 2.16. The van der Waals surface area contributed by atoms with E-state index in [2.05, 4.69) is 10.6 Å². The van der Waals surface area contributed by atoms with E-state index in [1.54, 1.807) is 44.2 Å². The average Bonchev–Trinajstić information content (AvgIpc) is 2.48. The number of aliphatic hydroxyl groups is 1. The maximum atomic E-state index is 12.0. The van der Waals surface area contributed by atoms with Gasteiger partial charge in [-0.05, 0) is 45.0 Å². The van der Waals surface area contributed by atoms with Gasteiger partial charge in [0.05, 0.1) is 12.1 Å². The number of nitrogens with one attached hydrogen (secondary N) is 2. The first kappa shape index (κ1) is 17.4. The van der Waals surface area contributed by atoms with Gasteiger partial charge in [-0.3, -0.25) is 9.59 Å². The van der Waals surface area contributed by atoms with Crippen molar-refractivity contribution in [2.24, 2.45) is 0 Å². The Kier molecular flexibility index (Phi) is 5.84. The van der Waals surface area contributed by atoms with Crippen LogP contribution in [0.2, 0.25) is 0 Å². The molecule has 116 valence electrons. The van der Waals surface area contributed by atoms with E-state index >= 15 is 0 Å². The lowest BCUT2D eigenvalue weighted by atomic mass is 10.1. The highest BCUT2D eigenvalue weighted by atomic mass is 16.3. The Morgan fingerprint density at radius 3 is 2.36 bits per heavy atom. The van der Waals surface area contributed by atoms with Gasteiger partial charge in [-0.25, -0.2) is 0 Å². The lowest BCUT2D eigenvalue weighted by Gasteiger charge is -2.22. The molecule has 0 aromatic heterocycles. The van der Waals surface area contributed by atoms with Gasteiger partial charge in [0.2, 0.25) is 0 Å². The molecule has 0 saturated carbocycles. The minimum atomic E-state index is -0.633. The summed E-state index contributed by atoms with van der Waals surface area (Å²) in [4.78, 5) is 23.2. The van der Waals surface area contributed by atoms with Crippen molar-refractivity contribution in [2.45, 2.75) is 26.3 Å². The third-order valence-corrected chi connectivity index (χ3v) is 2.92. The van der Waals surface area contributed by atoms with E-state index in [-0.39, 0.29) is 18.0 Å². The highest BCUT2D eigenvalue weighted by molar-refractivity contribution is 6.06. The lowest BCUT2D eigenvalue weighted by molar-refractivity contribution is -0.112. The second kappa shape index (κ2) is 7.38. The second-order valence-electron chi connectivity index (χ2n) is 5.44. The van der Waals surface area contributed by atoms with Crippen LogP contribution in [0.5, 0.6) is 0 Å². The highest BCUT2D eigenvalue weighted by Crippen LogP contribution is 2.11. The zero-order chi connectivity index (χ0) is 16.8. The van der Waals surface area contributed by atoms with Crippen LogP contribution in [0.3, 0.4) is 0 Å². The molecule has 22 heavy (non-hydrogen) atoms. The molecule has 0 aliphatic carbocycles. The molecular formula is C16H19N3O3. The lowest BCUT2D eigenvalue weighted by Crippen LogP contribution is -2.39. The van der Waals surface area contributed by atoms with Crippen LogP contribution >= 0.6 is 0 Å². The van der Waals surface area contributed by atoms with Gasteiger partial charge in [0, 0.05) is 17.5 Å². The number of hydrogen-bond acceptors (Lipinski definition) is 5. The Morgan fingerprint density at radius 2 is 1.91 bits per heavy atom. The second-order valence-corrected chi connectivity index (χ2v) is 5.44. The van der Waals surface area contributed by atoms with Crippen LogP contribution in [0.4, 0.5) is 5.69 Å². The average molecular weight is 301 g/mol. The molecule has 1 aromatic carbocycles. The number of ketones is 1. The Hall–Kier alpha value is -2.65. The first-order valence-electron chi connectivity index (χ1n) is 6.70. The van der Waals surface area contributed by atoms with Crippen molar-refractivity contribution in [1.82, 2.24) is 5.32 Å². The maximum absolute atomic E-state index is 12.0. The Labute approximate surface area is 129 Å². The molecule has 1 aromatic rings. The van der Waals surface area contributed by atoms with Crippen molar-refractivity contribution in [1.29, 1.82) is 5.26 Å². The van der Waals surface area contributed by atoms with Crippen LogP contribution in [0.1, 0.15) is 31.1 Å². The standard InChI is InChI=1S/C16H19N3O3/c1-11(21)12-4-6-14(7-5-12)19-15(22)13(8-17)9-18-16(2,3)10-20/h4-7,9,18,20H,10H2,1-3H3,(H,19,22)/b13-9-. The Bertz CT molecular complexity index is 625. The van der Waals surface area contributed by atoms with Crippen molar-refractivity contribution in [3.05, 3.63) is 41.6 Å². The molecule has 0 fully saturated rings. The summed E-state index contributed by atoms with van der Waals surface area (Å²) in [5.41, 5.74) is 0.279. The summed E-state index contributed by atoms with van der Waals surface area (Å²) in [5.74, 6) is -0.634. The van der Waals surface area contributed by atoms with Crippen LogP contribution in [0.25, 0.3) is 0 Å². The molecule has 0 radical (unpaired) electrons. The molecule has 0 unspecified atom stereocenters. The van der Waals surface area contributed by atoms with E-state index in [1.807, 2.05) is 0 Å². The van der Waals surface area contributed by atoms with E-state index in [0.29, 0.717) is 11.3 Å². The minimum absolute atomic E-state index is 0.0640. The molecule has 0 spiro atoms. The number of nitrogens with zero attached hydrogens (tertiary/aromatic N) is 1. The smallest absolute Gasteiger partial charge is 0.267 e. The van der Waals surface area contributed by atoms with E-state index in [1.165, 1.54) is 13.1 Å². The van der Waals surface area contributed by atoms with Gasteiger partial charge >= 0.3 is 0 Å². The largest absolute Gasteiger partial charge is 0.394 e. The third kappa shape index (κ3) is 5.04. The van der Waals surface area contributed by atoms with E-state index in [9.17, 15) is 9.59 Å². The molecule has 3 N–H and O–H groups in total. The number of carbonyl (C=O) groups excluding carboxylic acids is 2. The number of anilines is 1. The first-order chi connectivity index (χ1) is 10.3. The van der Waals surface area contributed by atoms with Crippen molar-refractivity contribution >= 4 is 17.4 Å². The topological polar surface area (TPSA) is 102 Å². The maximum Gasteiger partial charge on any atom is 0.267 e. The normalized spacial score (nSPS) is 11.5. The number of rotatable bonds is 6. The van der Waals surface area contributed by atoms with Crippen LogP contribution in [0, 0.1) is 11.3 Å². The van der Waals surface area contributed by atoms with Gasteiger partial charge in [0.15, 0.2) is 5.78 Å². The number of hydrogen-bond donors (Lipinski definition) is 3. The molecule has 1 amide bonds. The van der Waals surface area contributed by atoms with Gasteiger partial charge in [-0.15, -0.1) is 0 Å². The molecule has 6 heteroatoms. The molecule has 1 rings (SSSR count). The summed E-state index contributed by atoms with van der Waals surface area (Å²) in [6.07, 6.45) is 1.27. The van der Waals surface area contributed by atoms with Crippen molar-refractivity contribution in [3.63, 3.8) is 0 Å². The molecule has 0 aliphatic heterocycles. The van der Waals surface area contributed by atoms with Crippen LogP contribution in [0.15, 0.2) is 36.0 Å². The van der Waals surface area contributed by atoms with Crippen molar-refractivity contribution in [3.8, 4) is 6.07 Å². The molecule has 0 aliphatic rings. The molecule has 0 heterocycles. The molecule has 6 nitrogen and oxygen atoms in total. The number of nitriles is 1. The number of amides is 1. The first-order valence-corrected chi connectivity index (χ1v) is 6.70. The molecule has 0 bridgehead atoms. The monoisotopic (exact) mass is 301 g/mol. The van der Waals surface area contributed by atoms with E-state index < -0.39 is 11.4 Å². The number of carbonyl (C=O) groups is 2. The predicted molar refractivity (Wildman–Crippen MR) is 83.1 cm³/mol. The Morgan fingerprint density at radius 1 is 1.32 bits per heavy atom. The Balaban J connectivity index is 2.79. The fraction of sp³-hybridized carbons (Fsp3) is 0.312. The van der Waals surface area contributed by atoms with Gasteiger partial charge in [-0.2, -0.15) is 5.26 Å². The molecule has 0 saturated heterocycles. The zero-order valence-electron chi connectivity index (χ0n) is 12.8. The van der Waals surface area contributed by atoms with E-state index in [4.69, 9.17) is 10.4 Å². The fourth-order valence-corrected chi connectivity index (χ4v) is 1.45.